The average Bonchev–Trinajstić information content (AvgIpc) is 2.98. The summed E-state index contributed by atoms with van der Waals surface area (Å²) in [5.74, 6) is 2.09. The molecule has 25 heavy (non-hydrogen) atoms. The minimum absolute atomic E-state index is 0.0152. The molecule has 2 aliphatic heterocycles. The Balaban J connectivity index is 1.63. The van der Waals surface area contributed by atoms with E-state index in [-0.39, 0.29) is 31.0 Å². The van der Waals surface area contributed by atoms with E-state index in [1.807, 2.05) is 11.9 Å². The van der Waals surface area contributed by atoms with Gasteiger partial charge in [0.2, 0.25) is 5.91 Å². The highest BCUT2D eigenvalue weighted by atomic mass is 16.3. The molecule has 2 saturated heterocycles. The highest BCUT2D eigenvalue weighted by molar-refractivity contribution is 5.76. The van der Waals surface area contributed by atoms with Crippen molar-refractivity contribution in [2.75, 3.05) is 32.8 Å². The highest BCUT2D eigenvalue weighted by Crippen LogP contribution is 2.26. The van der Waals surface area contributed by atoms with Crippen LogP contribution in [-0.2, 0) is 18.4 Å². The summed E-state index contributed by atoms with van der Waals surface area (Å²) in [4.78, 5) is 16.2. The molecule has 0 bridgehead atoms. The van der Waals surface area contributed by atoms with Crippen molar-refractivity contribution in [2.24, 2.45) is 7.05 Å². The van der Waals surface area contributed by atoms with E-state index in [0.717, 1.165) is 63.5 Å². The molecule has 0 aliphatic carbocycles. The summed E-state index contributed by atoms with van der Waals surface area (Å²) in [6.45, 7) is 3.83. The van der Waals surface area contributed by atoms with Crippen LogP contribution in [0.1, 0.15) is 49.7 Å². The molecule has 1 unspecified atom stereocenters. The van der Waals surface area contributed by atoms with Gasteiger partial charge in [0.15, 0.2) is 0 Å². The molecule has 0 spiro atoms. The van der Waals surface area contributed by atoms with Crippen LogP contribution in [0.2, 0.25) is 0 Å². The van der Waals surface area contributed by atoms with Crippen molar-refractivity contribution in [3.05, 3.63) is 11.6 Å². The zero-order valence-electron chi connectivity index (χ0n) is 15.0. The van der Waals surface area contributed by atoms with E-state index in [9.17, 15) is 9.90 Å². The van der Waals surface area contributed by atoms with Gasteiger partial charge < -0.3 is 19.7 Å². The van der Waals surface area contributed by atoms with Crippen LogP contribution in [0.5, 0.6) is 0 Å². The number of carbonyl (C=O) groups is 1. The summed E-state index contributed by atoms with van der Waals surface area (Å²) in [5.41, 5.74) is 0. The van der Waals surface area contributed by atoms with Gasteiger partial charge in [0.1, 0.15) is 11.6 Å². The first kappa shape index (κ1) is 18.3. The number of hydrogen-bond acceptors (Lipinski definition) is 6. The third-order valence-corrected chi connectivity index (χ3v) is 5.39. The van der Waals surface area contributed by atoms with Crippen LogP contribution >= 0.6 is 0 Å². The van der Waals surface area contributed by atoms with Crippen LogP contribution in [0, 0.1) is 0 Å². The van der Waals surface area contributed by atoms with Crippen LogP contribution in [0.15, 0.2) is 0 Å². The zero-order valence-corrected chi connectivity index (χ0v) is 15.0. The van der Waals surface area contributed by atoms with Gasteiger partial charge in [-0.05, 0) is 25.7 Å². The van der Waals surface area contributed by atoms with E-state index in [0.29, 0.717) is 6.54 Å². The van der Waals surface area contributed by atoms with Crippen LogP contribution in [0.3, 0.4) is 0 Å². The Bertz CT molecular complexity index is 583. The number of carbonyl (C=O) groups excluding carboxylic acids is 1. The second-order valence-corrected chi connectivity index (χ2v) is 7.19. The smallest absolute Gasteiger partial charge is 0.224 e. The Morgan fingerprint density at radius 3 is 2.68 bits per heavy atom. The van der Waals surface area contributed by atoms with Crippen LogP contribution in [-0.4, -0.2) is 79.6 Å². The Morgan fingerprint density at radius 1 is 1.20 bits per heavy atom. The lowest BCUT2D eigenvalue weighted by Crippen LogP contribution is -2.40. The van der Waals surface area contributed by atoms with Crippen LogP contribution in [0.4, 0.5) is 0 Å². The predicted octanol–water partition coefficient (Wildman–Crippen LogP) is -0.140. The summed E-state index contributed by atoms with van der Waals surface area (Å²) in [7, 11) is 2.00. The molecule has 0 radical (unpaired) electrons. The Labute approximate surface area is 148 Å². The number of aliphatic hydroxyl groups is 2. The number of rotatable bonds is 5. The summed E-state index contributed by atoms with van der Waals surface area (Å²) in [5, 5.41) is 27.4. The van der Waals surface area contributed by atoms with Gasteiger partial charge in [-0.15, -0.1) is 10.2 Å². The van der Waals surface area contributed by atoms with Crippen molar-refractivity contribution >= 4 is 5.91 Å². The summed E-state index contributed by atoms with van der Waals surface area (Å²) in [6, 6.07) is 0. The number of piperidine rings is 2. The number of aliphatic hydroxyl groups excluding tert-OH is 2. The molecular formula is C17H29N5O3. The fourth-order valence-corrected chi connectivity index (χ4v) is 3.81. The SMILES string of the molecule is Cn1c(CN2CCC(O)CC2)nnc1C1CCCN(C(=O)CCO)C1. The Morgan fingerprint density at radius 2 is 1.96 bits per heavy atom. The Kier molecular flexibility index (Phi) is 6.03. The topological polar surface area (TPSA) is 94.7 Å². The minimum atomic E-state index is -0.170. The molecule has 1 aromatic rings. The van der Waals surface area contributed by atoms with Gasteiger partial charge >= 0.3 is 0 Å². The van der Waals surface area contributed by atoms with Gasteiger partial charge in [0.25, 0.3) is 0 Å². The molecule has 2 fully saturated rings. The third kappa shape index (κ3) is 4.37. The van der Waals surface area contributed by atoms with Crippen molar-refractivity contribution in [3.63, 3.8) is 0 Å². The zero-order chi connectivity index (χ0) is 17.8. The first-order valence-electron chi connectivity index (χ1n) is 9.25. The first-order valence-corrected chi connectivity index (χ1v) is 9.25. The maximum absolute atomic E-state index is 12.1. The highest BCUT2D eigenvalue weighted by Gasteiger charge is 2.28. The van der Waals surface area contributed by atoms with Crippen molar-refractivity contribution in [3.8, 4) is 0 Å². The van der Waals surface area contributed by atoms with Crippen molar-refractivity contribution < 1.29 is 15.0 Å². The molecule has 1 amide bonds. The molecule has 2 aliphatic rings. The number of amides is 1. The van der Waals surface area contributed by atoms with Gasteiger partial charge in [-0.2, -0.15) is 0 Å². The molecule has 1 aromatic heterocycles. The second kappa shape index (κ2) is 8.25. The van der Waals surface area contributed by atoms with Crippen LogP contribution in [0.25, 0.3) is 0 Å². The molecule has 8 heteroatoms. The average molecular weight is 351 g/mol. The molecule has 3 rings (SSSR count). The van der Waals surface area contributed by atoms with Gasteiger partial charge in [-0.1, -0.05) is 0 Å². The molecule has 0 aromatic carbocycles. The van der Waals surface area contributed by atoms with E-state index in [2.05, 4.69) is 19.7 Å². The van der Waals surface area contributed by atoms with E-state index in [4.69, 9.17) is 5.11 Å². The van der Waals surface area contributed by atoms with E-state index in [1.165, 1.54) is 0 Å². The molecule has 0 saturated carbocycles. The second-order valence-electron chi connectivity index (χ2n) is 7.19. The number of likely N-dealkylation sites (tertiary alicyclic amines) is 2. The maximum atomic E-state index is 12.1. The van der Waals surface area contributed by atoms with Gasteiger partial charge in [0.05, 0.1) is 19.3 Å². The Hall–Kier alpha value is -1.51. The van der Waals surface area contributed by atoms with Gasteiger partial charge in [0, 0.05) is 45.6 Å². The van der Waals surface area contributed by atoms with Crippen molar-refractivity contribution in [1.29, 1.82) is 0 Å². The van der Waals surface area contributed by atoms with E-state index in [1.54, 1.807) is 0 Å². The number of hydrogen-bond donors (Lipinski definition) is 2. The fraction of sp³-hybridized carbons (Fsp3) is 0.824. The van der Waals surface area contributed by atoms with Crippen LogP contribution < -0.4 is 0 Å². The predicted molar refractivity (Wildman–Crippen MR) is 91.8 cm³/mol. The molecule has 2 N–H and O–H groups in total. The molecular weight excluding hydrogens is 322 g/mol. The maximum Gasteiger partial charge on any atom is 0.224 e. The molecule has 1 atom stereocenters. The first-order chi connectivity index (χ1) is 12.1. The monoisotopic (exact) mass is 351 g/mol. The van der Waals surface area contributed by atoms with Crippen molar-refractivity contribution in [2.45, 2.75) is 50.7 Å². The molecule has 140 valence electrons. The van der Waals surface area contributed by atoms with E-state index >= 15 is 0 Å². The lowest BCUT2D eigenvalue weighted by Gasteiger charge is -2.32. The minimum Gasteiger partial charge on any atom is -0.396 e. The normalized spacial score (nSPS) is 23.2. The summed E-state index contributed by atoms with van der Waals surface area (Å²) >= 11 is 0. The quantitative estimate of drug-likeness (QED) is 0.767. The summed E-state index contributed by atoms with van der Waals surface area (Å²) < 4.78 is 2.07. The van der Waals surface area contributed by atoms with Gasteiger partial charge in [-0.3, -0.25) is 9.69 Å². The largest absolute Gasteiger partial charge is 0.396 e. The standard InChI is InChI=1S/C17H29N5O3/c1-20-15(12-21-8-4-14(24)5-9-21)18-19-17(20)13-3-2-7-22(11-13)16(25)6-10-23/h13-14,23-24H,2-12H2,1H3. The summed E-state index contributed by atoms with van der Waals surface area (Å²) in [6.07, 6.45) is 3.61. The molecule has 3 heterocycles. The lowest BCUT2D eigenvalue weighted by molar-refractivity contribution is -0.133. The van der Waals surface area contributed by atoms with E-state index < -0.39 is 0 Å². The van der Waals surface area contributed by atoms with Crippen molar-refractivity contribution in [1.82, 2.24) is 24.6 Å². The molecule has 8 nitrogen and oxygen atoms in total. The lowest BCUT2D eigenvalue weighted by atomic mass is 9.97. The number of nitrogens with zero attached hydrogens (tertiary/aromatic N) is 5. The fourth-order valence-electron chi connectivity index (χ4n) is 3.81. The number of aromatic nitrogens is 3. The third-order valence-electron chi connectivity index (χ3n) is 5.39. The van der Waals surface area contributed by atoms with Gasteiger partial charge in [-0.25, -0.2) is 0 Å².